The summed E-state index contributed by atoms with van der Waals surface area (Å²) < 4.78 is 11.9. The van der Waals surface area contributed by atoms with Crippen LogP contribution in [0, 0.1) is 0 Å². The van der Waals surface area contributed by atoms with E-state index >= 15 is 0 Å². The van der Waals surface area contributed by atoms with Crippen LogP contribution in [-0.4, -0.2) is 84.6 Å². The van der Waals surface area contributed by atoms with E-state index in [1.165, 1.54) is 0 Å². The average molecular weight is 402 g/mol. The zero-order valence-electron chi connectivity index (χ0n) is 18.0. The Balaban J connectivity index is 2.21. The van der Waals surface area contributed by atoms with Gasteiger partial charge in [0.25, 0.3) is 0 Å². The first-order chi connectivity index (χ1) is 13.0. The van der Waals surface area contributed by atoms with Crippen molar-refractivity contribution in [2.75, 3.05) is 19.8 Å². The largest absolute Gasteiger partial charge is 0.390 e. The van der Waals surface area contributed by atoms with Gasteiger partial charge in [-0.05, 0) is 53.5 Å². The van der Waals surface area contributed by atoms with Gasteiger partial charge in [0.15, 0.2) is 6.29 Å². The fourth-order valence-corrected chi connectivity index (χ4v) is 2.71. The maximum absolute atomic E-state index is 10.0. The molecule has 9 heteroatoms. The average Bonchev–Trinajstić information content (AvgIpc) is 2.59. The summed E-state index contributed by atoms with van der Waals surface area (Å²) in [6, 6.07) is -0.393. The second-order valence-electron chi connectivity index (χ2n) is 8.69. The summed E-state index contributed by atoms with van der Waals surface area (Å²) in [7, 11) is 2.07. The highest BCUT2D eigenvalue weighted by atomic mass is 16.8. The second kappa shape index (κ2) is 11.6. The van der Waals surface area contributed by atoms with Crippen molar-refractivity contribution in [2.45, 2.75) is 88.6 Å². The number of rotatable bonds is 15. The Morgan fingerprint density at radius 2 is 1.93 bits per heavy atom. The number of hydrogen-bond acceptors (Lipinski definition) is 8. The van der Waals surface area contributed by atoms with Crippen molar-refractivity contribution in [3.05, 3.63) is 12.7 Å². The minimum Gasteiger partial charge on any atom is -0.390 e. The molecule has 0 amide bonds. The van der Waals surface area contributed by atoms with E-state index in [4.69, 9.17) is 9.47 Å². The topological polar surface area (TPSA) is 112 Å². The third kappa shape index (κ3) is 9.32. The van der Waals surface area contributed by atoms with Crippen LogP contribution < -0.4 is 10.8 Å². The third-order valence-corrected chi connectivity index (χ3v) is 5.04. The molecule has 28 heavy (non-hydrogen) atoms. The number of nitrogens with one attached hydrogen (secondary N) is 2. The highest BCUT2D eigenvalue weighted by Crippen LogP contribution is 2.20. The first-order valence-corrected chi connectivity index (χ1v) is 10.1. The Kier molecular flexibility index (Phi) is 10.6. The standard InChI is InChI=1S/C19H39BN2O6/c1-6-13(2)21-10-8-19(5,20)27-12-9-18(3,4)26-11-7-14(23)16(24)15-17(25)28-22-15/h6,13-17,21-25H,1,7-12,20H2,2-5H3. The normalized spacial score (nSPS) is 25.4. The predicted octanol–water partition coefficient (Wildman–Crippen LogP) is -0.574. The molecule has 5 N–H and O–H groups in total. The molecule has 8 nitrogen and oxygen atoms in total. The molecule has 6 atom stereocenters. The summed E-state index contributed by atoms with van der Waals surface area (Å²) in [6.45, 7) is 13.6. The van der Waals surface area contributed by atoms with Crippen LogP contribution in [0.25, 0.3) is 0 Å². The fraction of sp³-hybridized carbons (Fsp3) is 0.895. The lowest BCUT2D eigenvalue weighted by Gasteiger charge is -2.38. The van der Waals surface area contributed by atoms with Gasteiger partial charge in [-0.3, -0.25) is 4.84 Å². The van der Waals surface area contributed by atoms with E-state index in [9.17, 15) is 15.3 Å². The summed E-state index contributed by atoms with van der Waals surface area (Å²) in [4.78, 5) is 4.57. The van der Waals surface area contributed by atoms with E-state index in [1.54, 1.807) is 0 Å². The maximum atomic E-state index is 10.0. The number of ether oxygens (including phenoxy) is 2. The molecule has 1 heterocycles. The van der Waals surface area contributed by atoms with Gasteiger partial charge >= 0.3 is 0 Å². The molecular weight excluding hydrogens is 363 g/mol. The van der Waals surface area contributed by atoms with Gasteiger partial charge in [-0.2, -0.15) is 5.48 Å². The molecule has 164 valence electrons. The molecular formula is C19H39BN2O6. The molecule has 0 spiro atoms. The molecule has 0 aromatic heterocycles. The van der Waals surface area contributed by atoms with E-state index < -0.39 is 30.1 Å². The van der Waals surface area contributed by atoms with Crippen LogP contribution in [0.1, 0.15) is 47.0 Å². The zero-order valence-corrected chi connectivity index (χ0v) is 18.0. The number of aliphatic hydroxyl groups excluding tert-OH is 3. The number of hydroxylamine groups is 1. The van der Waals surface area contributed by atoms with Crippen LogP contribution >= 0.6 is 0 Å². The van der Waals surface area contributed by atoms with Gasteiger partial charge in [0.2, 0.25) is 0 Å². The molecule has 0 radical (unpaired) electrons. The van der Waals surface area contributed by atoms with Gasteiger partial charge in [-0.1, -0.05) is 6.08 Å². The quantitative estimate of drug-likeness (QED) is 0.183. The van der Waals surface area contributed by atoms with Gasteiger partial charge in [-0.25, -0.2) is 0 Å². The summed E-state index contributed by atoms with van der Waals surface area (Å²) in [5.41, 5.74) is 1.78. The SMILES string of the molecule is BC(C)(CCNC(C)C=C)OCCC(C)(C)OCCC(O)C(O)C1NOC1O. The molecule has 1 fully saturated rings. The summed E-state index contributed by atoms with van der Waals surface area (Å²) in [5.74, 6) is 0. The van der Waals surface area contributed by atoms with Gasteiger partial charge in [0.05, 0.1) is 11.7 Å². The molecule has 0 aromatic rings. The Morgan fingerprint density at radius 1 is 1.25 bits per heavy atom. The highest BCUT2D eigenvalue weighted by Gasteiger charge is 2.39. The Hall–Kier alpha value is -0.515. The first kappa shape index (κ1) is 25.5. The Bertz CT molecular complexity index is 466. The molecule has 0 aromatic carbocycles. The van der Waals surface area contributed by atoms with Gasteiger partial charge in [-0.15, -0.1) is 6.58 Å². The van der Waals surface area contributed by atoms with Crippen molar-refractivity contribution in [3.63, 3.8) is 0 Å². The van der Waals surface area contributed by atoms with Crippen LogP contribution in [0.2, 0.25) is 0 Å². The molecule has 1 aliphatic rings. The summed E-state index contributed by atoms with van der Waals surface area (Å²) in [6.07, 6.45) is 0.517. The van der Waals surface area contributed by atoms with Gasteiger partial charge < -0.3 is 30.1 Å². The van der Waals surface area contributed by atoms with E-state index in [0.717, 1.165) is 13.0 Å². The van der Waals surface area contributed by atoms with E-state index in [-0.39, 0.29) is 18.0 Å². The lowest BCUT2D eigenvalue weighted by Crippen LogP contribution is -2.63. The van der Waals surface area contributed by atoms with Crippen molar-refractivity contribution in [1.82, 2.24) is 10.8 Å². The molecule has 0 aliphatic carbocycles. The molecule has 1 rings (SSSR count). The molecule has 1 saturated heterocycles. The second-order valence-corrected chi connectivity index (χ2v) is 8.69. The van der Waals surface area contributed by atoms with Crippen molar-refractivity contribution >= 4 is 7.85 Å². The minimum absolute atomic E-state index is 0.233. The number of aliphatic hydroxyl groups is 3. The zero-order chi connectivity index (χ0) is 21.4. The lowest BCUT2D eigenvalue weighted by molar-refractivity contribution is -0.295. The molecule has 0 bridgehead atoms. The predicted molar refractivity (Wildman–Crippen MR) is 110 cm³/mol. The van der Waals surface area contributed by atoms with Crippen LogP contribution in [0.3, 0.4) is 0 Å². The maximum Gasteiger partial charge on any atom is 0.195 e. The Labute approximate surface area is 170 Å². The fourth-order valence-electron chi connectivity index (χ4n) is 2.71. The van der Waals surface area contributed by atoms with E-state index in [0.29, 0.717) is 19.6 Å². The van der Waals surface area contributed by atoms with Crippen LogP contribution in [-0.2, 0) is 14.3 Å². The first-order valence-electron chi connectivity index (χ1n) is 10.1. The molecule has 6 unspecified atom stereocenters. The Morgan fingerprint density at radius 3 is 2.46 bits per heavy atom. The smallest absolute Gasteiger partial charge is 0.195 e. The third-order valence-electron chi connectivity index (χ3n) is 5.04. The summed E-state index contributed by atoms with van der Waals surface area (Å²) in [5, 5.41) is 32.7. The molecule has 1 aliphatic heterocycles. The lowest BCUT2D eigenvalue weighted by atomic mass is 9.80. The van der Waals surface area contributed by atoms with Crippen LogP contribution in [0.4, 0.5) is 0 Å². The van der Waals surface area contributed by atoms with E-state index in [2.05, 4.69) is 43.9 Å². The van der Waals surface area contributed by atoms with Gasteiger partial charge in [0, 0.05) is 24.8 Å². The molecule has 0 saturated carbocycles. The van der Waals surface area contributed by atoms with E-state index in [1.807, 2.05) is 19.9 Å². The van der Waals surface area contributed by atoms with Crippen LogP contribution in [0.15, 0.2) is 12.7 Å². The summed E-state index contributed by atoms with van der Waals surface area (Å²) >= 11 is 0. The number of hydrogen-bond donors (Lipinski definition) is 5. The van der Waals surface area contributed by atoms with Crippen molar-refractivity contribution in [1.29, 1.82) is 0 Å². The van der Waals surface area contributed by atoms with Gasteiger partial charge in [0.1, 0.15) is 20.0 Å². The minimum atomic E-state index is -1.11. The van der Waals surface area contributed by atoms with Crippen molar-refractivity contribution in [3.8, 4) is 0 Å². The van der Waals surface area contributed by atoms with Crippen molar-refractivity contribution < 1.29 is 29.6 Å². The van der Waals surface area contributed by atoms with Crippen molar-refractivity contribution in [2.24, 2.45) is 0 Å². The monoisotopic (exact) mass is 402 g/mol. The highest BCUT2D eigenvalue weighted by molar-refractivity contribution is 6.14. The van der Waals surface area contributed by atoms with Crippen LogP contribution in [0.5, 0.6) is 0 Å².